The second-order valence-electron chi connectivity index (χ2n) is 10.6. The normalized spacial score (nSPS) is 20.2. The molecule has 1 N–H and O–H groups in total. The number of likely N-dealkylation sites (N-methyl/N-ethyl adjacent to an activating group) is 2. The minimum Gasteiger partial charge on any atom is -0.493 e. The van der Waals surface area contributed by atoms with Gasteiger partial charge in [0.2, 0.25) is 0 Å². The van der Waals surface area contributed by atoms with Gasteiger partial charge in [-0.1, -0.05) is 6.07 Å². The first-order valence-corrected chi connectivity index (χ1v) is 13.4. The Labute approximate surface area is 229 Å². The molecule has 10 heteroatoms. The second-order valence-corrected chi connectivity index (χ2v) is 10.6. The second kappa shape index (κ2) is 13.7. The van der Waals surface area contributed by atoms with Gasteiger partial charge in [0.1, 0.15) is 11.4 Å². The molecule has 4 rings (SSSR count). The average molecular weight is 551 g/mol. The van der Waals surface area contributed by atoms with Crippen molar-refractivity contribution in [1.82, 2.24) is 19.7 Å². The Kier molecular flexibility index (Phi) is 10.9. The summed E-state index contributed by atoms with van der Waals surface area (Å²) >= 11 is 0. The average Bonchev–Trinajstić information content (AvgIpc) is 3.48. The molecule has 1 aromatic carbocycles. The maximum absolute atomic E-state index is 11.9. The van der Waals surface area contributed by atoms with Crippen molar-refractivity contribution in [3.05, 3.63) is 58.4 Å². The number of rotatable bonds is 10. The molecule has 0 amide bonds. The predicted molar refractivity (Wildman–Crippen MR) is 145 cm³/mol. The zero-order valence-electron chi connectivity index (χ0n) is 23.5. The van der Waals surface area contributed by atoms with Gasteiger partial charge in [-0.2, -0.15) is 13.2 Å². The number of likely N-dealkylation sites (tertiary alicyclic amines) is 2. The SMILES string of the molecule is Cc1c(OCCCN(C)CCO)ccc([C@H](C)N2CC3CC2CN3C)c1C.O=Cc1ccc(C(F)(F)F)cn1. The monoisotopic (exact) mass is 550 g/mol. The van der Waals surface area contributed by atoms with E-state index >= 15 is 0 Å². The molecule has 216 valence electrons. The number of carbonyl (C=O) groups is 1. The van der Waals surface area contributed by atoms with E-state index in [9.17, 15) is 18.0 Å². The smallest absolute Gasteiger partial charge is 0.417 e. The van der Waals surface area contributed by atoms with Gasteiger partial charge in [-0.3, -0.25) is 14.7 Å². The molecule has 2 aliphatic rings. The van der Waals surface area contributed by atoms with Crippen LogP contribution in [0.1, 0.15) is 58.5 Å². The number of piperazine rings is 1. The van der Waals surface area contributed by atoms with Gasteiger partial charge in [-0.25, -0.2) is 0 Å². The first-order valence-electron chi connectivity index (χ1n) is 13.4. The number of aromatic nitrogens is 1. The van der Waals surface area contributed by atoms with Crippen LogP contribution in [-0.2, 0) is 6.18 Å². The highest BCUT2D eigenvalue weighted by Crippen LogP contribution is 2.38. The lowest BCUT2D eigenvalue weighted by atomic mass is 9.96. The van der Waals surface area contributed by atoms with E-state index in [0.29, 0.717) is 31.2 Å². The van der Waals surface area contributed by atoms with Crippen LogP contribution in [0.4, 0.5) is 13.2 Å². The summed E-state index contributed by atoms with van der Waals surface area (Å²) in [6, 6.07) is 8.19. The molecule has 0 radical (unpaired) electrons. The van der Waals surface area contributed by atoms with Crippen LogP contribution < -0.4 is 4.74 Å². The summed E-state index contributed by atoms with van der Waals surface area (Å²) in [7, 11) is 4.29. The number of hydrogen-bond acceptors (Lipinski definition) is 7. The van der Waals surface area contributed by atoms with Crippen LogP contribution in [-0.4, -0.2) is 96.6 Å². The molecule has 0 spiro atoms. The van der Waals surface area contributed by atoms with Gasteiger partial charge in [0.05, 0.1) is 18.8 Å². The summed E-state index contributed by atoms with van der Waals surface area (Å²) in [4.78, 5) is 20.6. The Morgan fingerprint density at radius 1 is 1.15 bits per heavy atom. The highest BCUT2D eigenvalue weighted by molar-refractivity contribution is 5.71. The summed E-state index contributed by atoms with van der Waals surface area (Å²) in [6.07, 6.45) is -1.08. The van der Waals surface area contributed by atoms with Crippen molar-refractivity contribution in [2.75, 3.05) is 53.5 Å². The van der Waals surface area contributed by atoms with Crippen LogP contribution in [0.25, 0.3) is 0 Å². The van der Waals surface area contributed by atoms with Gasteiger partial charge in [0.25, 0.3) is 0 Å². The third-order valence-electron chi connectivity index (χ3n) is 7.94. The fourth-order valence-electron chi connectivity index (χ4n) is 5.42. The van der Waals surface area contributed by atoms with E-state index < -0.39 is 11.7 Å². The van der Waals surface area contributed by atoms with Crippen LogP contribution in [0.3, 0.4) is 0 Å². The fraction of sp³-hybridized carbons (Fsp3) is 0.586. The molecule has 39 heavy (non-hydrogen) atoms. The molecule has 2 aliphatic heterocycles. The number of halogens is 3. The molecule has 3 atom stereocenters. The Bertz CT molecular complexity index is 1080. The lowest BCUT2D eigenvalue weighted by Crippen LogP contribution is -2.45. The van der Waals surface area contributed by atoms with Crippen LogP contribution in [0.2, 0.25) is 0 Å². The van der Waals surface area contributed by atoms with E-state index in [1.165, 1.54) is 36.2 Å². The number of nitrogens with zero attached hydrogens (tertiary/aromatic N) is 4. The number of hydrogen-bond donors (Lipinski definition) is 1. The molecule has 0 aliphatic carbocycles. The van der Waals surface area contributed by atoms with Crippen molar-refractivity contribution in [2.45, 2.75) is 57.9 Å². The lowest BCUT2D eigenvalue weighted by molar-refractivity contribution is -0.137. The maximum atomic E-state index is 11.9. The van der Waals surface area contributed by atoms with Crippen LogP contribution >= 0.6 is 0 Å². The summed E-state index contributed by atoms with van der Waals surface area (Å²) in [5.41, 5.74) is 3.21. The highest BCUT2D eigenvalue weighted by atomic mass is 19.4. The number of aliphatic hydroxyl groups excluding tert-OH is 1. The van der Waals surface area contributed by atoms with E-state index in [4.69, 9.17) is 9.84 Å². The zero-order chi connectivity index (χ0) is 28.7. The molecule has 3 heterocycles. The number of carbonyl (C=O) groups excluding carboxylic acids is 1. The molecule has 2 bridgehead atoms. The minimum atomic E-state index is -4.39. The van der Waals surface area contributed by atoms with E-state index in [1.54, 1.807) is 0 Å². The predicted octanol–water partition coefficient (Wildman–Crippen LogP) is 4.36. The quantitative estimate of drug-likeness (QED) is 0.348. The zero-order valence-corrected chi connectivity index (χ0v) is 23.5. The van der Waals surface area contributed by atoms with Gasteiger partial charge in [-0.05, 0) is 82.6 Å². The molecule has 7 nitrogen and oxygen atoms in total. The van der Waals surface area contributed by atoms with E-state index in [-0.39, 0.29) is 12.3 Å². The summed E-state index contributed by atoms with van der Waals surface area (Å²) in [5.74, 6) is 1.01. The van der Waals surface area contributed by atoms with Gasteiger partial charge in [-0.15, -0.1) is 0 Å². The maximum Gasteiger partial charge on any atom is 0.417 e. The summed E-state index contributed by atoms with van der Waals surface area (Å²) in [5, 5.41) is 8.96. The fourth-order valence-corrected chi connectivity index (χ4v) is 5.42. The molecular weight excluding hydrogens is 509 g/mol. The number of ether oxygens (including phenoxy) is 1. The van der Waals surface area contributed by atoms with Crippen LogP contribution in [0.15, 0.2) is 30.5 Å². The van der Waals surface area contributed by atoms with Crippen molar-refractivity contribution in [2.24, 2.45) is 0 Å². The Morgan fingerprint density at radius 2 is 1.90 bits per heavy atom. The number of aldehydes is 1. The molecule has 2 aromatic rings. The number of alkyl halides is 3. The molecule has 2 unspecified atom stereocenters. The Hall–Kier alpha value is -2.53. The van der Waals surface area contributed by atoms with Crippen molar-refractivity contribution in [3.63, 3.8) is 0 Å². The van der Waals surface area contributed by atoms with Gasteiger partial charge in [0, 0.05) is 50.5 Å². The number of pyridine rings is 1. The van der Waals surface area contributed by atoms with E-state index in [2.05, 4.69) is 59.6 Å². The van der Waals surface area contributed by atoms with Crippen molar-refractivity contribution in [1.29, 1.82) is 0 Å². The third-order valence-corrected chi connectivity index (χ3v) is 7.94. The Balaban J connectivity index is 0.000000293. The number of benzene rings is 1. The van der Waals surface area contributed by atoms with Crippen molar-refractivity contribution < 1.29 is 27.8 Å². The van der Waals surface area contributed by atoms with Gasteiger partial charge < -0.3 is 19.6 Å². The van der Waals surface area contributed by atoms with Crippen LogP contribution in [0.5, 0.6) is 5.75 Å². The van der Waals surface area contributed by atoms with Crippen LogP contribution in [0, 0.1) is 13.8 Å². The Morgan fingerprint density at radius 3 is 2.44 bits per heavy atom. The van der Waals surface area contributed by atoms with Crippen molar-refractivity contribution >= 4 is 6.29 Å². The standard InChI is InChI=1S/C22H37N3O2.C7H4F3NO/c1-16-17(2)22(27-12-6-9-23(4)10-11-26)8-7-21(16)18(3)25-15-19-13-20(25)14-24(19)5;8-7(9,10)5-1-2-6(4-12)11-3-5/h7-8,18-20,26H,6,9-15H2,1-5H3;1-4H/t18-,19?,20?;/m0./s1. The third kappa shape index (κ3) is 8.00. The summed E-state index contributed by atoms with van der Waals surface area (Å²) < 4.78 is 41.7. The number of aliphatic hydroxyl groups is 1. The van der Waals surface area contributed by atoms with Gasteiger partial charge >= 0.3 is 6.18 Å². The first kappa shape index (κ1) is 31.0. The first-order chi connectivity index (χ1) is 18.5. The van der Waals surface area contributed by atoms with E-state index in [0.717, 1.165) is 43.4 Å². The topological polar surface area (TPSA) is 69.1 Å². The molecule has 2 fully saturated rings. The lowest BCUT2D eigenvalue weighted by Gasteiger charge is -2.37. The molecule has 2 saturated heterocycles. The summed E-state index contributed by atoms with van der Waals surface area (Å²) in [6.45, 7) is 11.8. The highest BCUT2D eigenvalue weighted by Gasteiger charge is 2.43. The van der Waals surface area contributed by atoms with Gasteiger partial charge in [0.15, 0.2) is 6.29 Å². The largest absolute Gasteiger partial charge is 0.493 e. The molecule has 0 saturated carbocycles. The molecule has 1 aromatic heterocycles. The van der Waals surface area contributed by atoms with E-state index in [1.807, 2.05) is 7.05 Å². The molecular formula is C29H41F3N4O3. The number of fused-ring (bicyclic) bond motifs is 2. The minimum absolute atomic E-state index is 0.0111. The van der Waals surface area contributed by atoms with Crippen molar-refractivity contribution in [3.8, 4) is 5.75 Å².